The molecule has 0 amide bonds. The predicted molar refractivity (Wildman–Crippen MR) is 116 cm³/mol. The fourth-order valence-electron chi connectivity index (χ4n) is 2.44. The van der Waals surface area contributed by atoms with E-state index in [9.17, 15) is 0 Å². The molecule has 0 aliphatic rings. The van der Waals surface area contributed by atoms with Crippen molar-refractivity contribution in [3.63, 3.8) is 0 Å². The first kappa shape index (κ1) is 19.6. The van der Waals surface area contributed by atoms with Crippen molar-refractivity contribution in [2.75, 3.05) is 5.32 Å². The number of ether oxygens (including phenoxy) is 1. The third-order valence-electron chi connectivity index (χ3n) is 3.64. The minimum atomic E-state index is 0.511. The van der Waals surface area contributed by atoms with E-state index < -0.39 is 0 Å². The van der Waals surface area contributed by atoms with Crippen LogP contribution in [0.5, 0.6) is 5.75 Å². The van der Waals surface area contributed by atoms with Crippen LogP contribution in [0.4, 0.5) is 5.69 Å². The van der Waals surface area contributed by atoms with E-state index in [4.69, 9.17) is 27.9 Å². The zero-order valence-corrected chi connectivity index (χ0v) is 18.3. The second-order valence-corrected chi connectivity index (χ2v) is 8.26. The third kappa shape index (κ3) is 5.40. The summed E-state index contributed by atoms with van der Waals surface area (Å²) in [6.45, 7) is 1.14. The molecule has 26 heavy (non-hydrogen) atoms. The lowest BCUT2D eigenvalue weighted by Gasteiger charge is -2.13. The van der Waals surface area contributed by atoms with Crippen LogP contribution in [0.2, 0.25) is 10.0 Å². The maximum absolute atomic E-state index is 6.03. The maximum Gasteiger partial charge on any atom is 0.148 e. The van der Waals surface area contributed by atoms with Gasteiger partial charge in [0.05, 0.1) is 8.95 Å². The average Bonchev–Trinajstić information content (AvgIpc) is 2.59. The van der Waals surface area contributed by atoms with E-state index in [1.165, 1.54) is 0 Å². The molecule has 3 aromatic rings. The van der Waals surface area contributed by atoms with Crippen LogP contribution in [0.15, 0.2) is 69.6 Å². The summed E-state index contributed by atoms with van der Waals surface area (Å²) in [5.41, 5.74) is 3.08. The standard InChI is InChI=1S/C20H15Br2Cl2NO/c21-18-6-14(11-25-17-9-15(23)8-16(24)10-17)7-19(22)20(18)26-12-13-4-2-1-3-5-13/h1-10,25H,11-12H2. The van der Waals surface area contributed by atoms with Gasteiger partial charge in [-0.05, 0) is 73.3 Å². The lowest BCUT2D eigenvalue weighted by Crippen LogP contribution is -2.01. The fourth-order valence-corrected chi connectivity index (χ4v) is 4.48. The van der Waals surface area contributed by atoms with Gasteiger partial charge in [0.15, 0.2) is 0 Å². The highest BCUT2D eigenvalue weighted by Gasteiger charge is 2.10. The van der Waals surface area contributed by atoms with E-state index in [1.807, 2.05) is 54.6 Å². The molecule has 0 aliphatic heterocycles. The number of nitrogens with one attached hydrogen (secondary N) is 1. The predicted octanol–water partition coefficient (Wildman–Crippen LogP) is 7.71. The Morgan fingerprint density at radius 1 is 0.808 bits per heavy atom. The molecule has 0 atom stereocenters. The van der Waals surface area contributed by atoms with E-state index >= 15 is 0 Å². The second-order valence-electron chi connectivity index (χ2n) is 5.67. The fraction of sp³-hybridized carbons (Fsp3) is 0.100. The van der Waals surface area contributed by atoms with Crippen molar-refractivity contribution in [1.82, 2.24) is 0 Å². The molecular formula is C20H15Br2Cl2NO. The van der Waals surface area contributed by atoms with Gasteiger partial charge in [-0.2, -0.15) is 0 Å². The Bertz CT molecular complexity index is 860. The summed E-state index contributed by atoms with van der Waals surface area (Å²) in [5.74, 6) is 0.781. The van der Waals surface area contributed by atoms with E-state index in [-0.39, 0.29) is 0 Å². The summed E-state index contributed by atoms with van der Waals surface area (Å²) in [6.07, 6.45) is 0. The molecule has 134 valence electrons. The number of benzene rings is 3. The average molecular weight is 516 g/mol. The third-order valence-corrected chi connectivity index (χ3v) is 5.26. The van der Waals surface area contributed by atoms with Crippen LogP contribution in [-0.4, -0.2) is 0 Å². The number of hydrogen-bond acceptors (Lipinski definition) is 2. The Labute approximate surface area is 179 Å². The highest BCUT2D eigenvalue weighted by molar-refractivity contribution is 9.11. The van der Waals surface area contributed by atoms with Gasteiger partial charge in [0.1, 0.15) is 12.4 Å². The molecule has 1 N–H and O–H groups in total. The van der Waals surface area contributed by atoms with E-state index in [2.05, 4.69) is 37.2 Å². The van der Waals surface area contributed by atoms with Gasteiger partial charge in [0, 0.05) is 22.3 Å². The van der Waals surface area contributed by atoms with Crippen molar-refractivity contribution < 1.29 is 4.74 Å². The van der Waals surface area contributed by atoms with E-state index in [0.717, 1.165) is 31.5 Å². The smallest absolute Gasteiger partial charge is 0.148 e. The normalized spacial score (nSPS) is 10.6. The van der Waals surface area contributed by atoms with E-state index in [1.54, 1.807) is 6.07 Å². The van der Waals surface area contributed by atoms with Crippen LogP contribution >= 0.6 is 55.1 Å². The minimum Gasteiger partial charge on any atom is -0.487 e. The van der Waals surface area contributed by atoms with Crippen molar-refractivity contribution in [2.45, 2.75) is 13.2 Å². The number of rotatable bonds is 6. The number of halogens is 4. The minimum absolute atomic E-state index is 0.511. The van der Waals surface area contributed by atoms with Crippen molar-refractivity contribution in [2.24, 2.45) is 0 Å². The Hall–Kier alpha value is -1.20. The number of anilines is 1. The molecule has 0 saturated heterocycles. The Balaban J connectivity index is 1.68. The summed E-state index contributed by atoms with van der Waals surface area (Å²) >= 11 is 19.3. The Morgan fingerprint density at radius 2 is 1.42 bits per heavy atom. The van der Waals surface area contributed by atoms with Crippen molar-refractivity contribution >= 4 is 60.7 Å². The molecule has 0 spiro atoms. The molecule has 2 nitrogen and oxygen atoms in total. The van der Waals surface area contributed by atoms with Gasteiger partial charge in [-0.1, -0.05) is 53.5 Å². The molecule has 0 aliphatic carbocycles. The topological polar surface area (TPSA) is 21.3 Å². The van der Waals surface area contributed by atoms with Crippen LogP contribution in [0.1, 0.15) is 11.1 Å². The summed E-state index contributed by atoms with van der Waals surface area (Å²) in [4.78, 5) is 0. The van der Waals surface area contributed by atoms with Gasteiger partial charge in [-0.15, -0.1) is 0 Å². The Kier molecular flexibility index (Phi) is 6.87. The molecule has 0 aromatic heterocycles. The first-order valence-electron chi connectivity index (χ1n) is 7.86. The second kappa shape index (κ2) is 9.14. The molecule has 6 heteroatoms. The van der Waals surface area contributed by atoms with Crippen LogP contribution in [-0.2, 0) is 13.2 Å². The highest BCUT2D eigenvalue weighted by Crippen LogP contribution is 2.35. The lowest BCUT2D eigenvalue weighted by molar-refractivity contribution is 0.302. The van der Waals surface area contributed by atoms with Crippen molar-refractivity contribution in [3.8, 4) is 5.75 Å². The molecule has 0 fully saturated rings. The van der Waals surface area contributed by atoms with Gasteiger partial charge in [0.2, 0.25) is 0 Å². The van der Waals surface area contributed by atoms with Crippen LogP contribution in [0.25, 0.3) is 0 Å². The molecule has 0 bridgehead atoms. The molecule has 3 rings (SSSR count). The number of hydrogen-bond donors (Lipinski definition) is 1. The molecule has 0 heterocycles. The van der Waals surface area contributed by atoms with Crippen molar-refractivity contribution in [3.05, 3.63) is 90.8 Å². The van der Waals surface area contributed by atoms with Crippen molar-refractivity contribution in [1.29, 1.82) is 0 Å². The molecular weight excluding hydrogens is 501 g/mol. The molecule has 0 radical (unpaired) electrons. The zero-order chi connectivity index (χ0) is 18.5. The molecule has 3 aromatic carbocycles. The first-order chi connectivity index (χ1) is 12.5. The maximum atomic E-state index is 6.03. The summed E-state index contributed by atoms with van der Waals surface area (Å²) < 4.78 is 7.74. The monoisotopic (exact) mass is 513 g/mol. The Morgan fingerprint density at radius 3 is 2.04 bits per heavy atom. The summed E-state index contributed by atoms with van der Waals surface area (Å²) in [5, 5.41) is 4.53. The van der Waals surface area contributed by atoms with Gasteiger partial charge in [-0.25, -0.2) is 0 Å². The lowest BCUT2D eigenvalue weighted by atomic mass is 10.2. The summed E-state index contributed by atoms with van der Waals surface area (Å²) in [7, 11) is 0. The van der Waals surface area contributed by atoms with Gasteiger partial charge in [-0.3, -0.25) is 0 Å². The summed E-state index contributed by atoms with van der Waals surface area (Å²) in [6, 6.07) is 19.5. The largest absolute Gasteiger partial charge is 0.487 e. The first-order valence-corrected chi connectivity index (χ1v) is 10.2. The van der Waals surface area contributed by atoms with Crippen LogP contribution < -0.4 is 10.1 Å². The molecule has 0 unspecified atom stereocenters. The van der Waals surface area contributed by atoms with Crippen LogP contribution in [0, 0.1) is 0 Å². The quantitative estimate of drug-likeness (QED) is 0.363. The van der Waals surface area contributed by atoms with Gasteiger partial charge < -0.3 is 10.1 Å². The van der Waals surface area contributed by atoms with Gasteiger partial charge >= 0.3 is 0 Å². The zero-order valence-electron chi connectivity index (χ0n) is 13.6. The highest BCUT2D eigenvalue weighted by atomic mass is 79.9. The van der Waals surface area contributed by atoms with Crippen LogP contribution in [0.3, 0.4) is 0 Å². The molecule has 0 saturated carbocycles. The SMILES string of the molecule is Clc1cc(Cl)cc(NCc2cc(Br)c(OCc3ccccc3)c(Br)c2)c1. The van der Waals surface area contributed by atoms with E-state index in [0.29, 0.717) is 23.2 Å². The van der Waals surface area contributed by atoms with Gasteiger partial charge in [0.25, 0.3) is 0 Å².